The molecule has 0 spiro atoms. The van der Waals surface area contributed by atoms with Gasteiger partial charge in [-0.1, -0.05) is 0 Å². The molecule has 2 N–H and O–H groups in total. The molecular weight excluding hydrogens is 186 g/mol. The van der Waals surface area contributed by atoms with Crippen molar-refractivity contribution in [2.45, 2.75) is 20.8 Å². The molecule has 0 heterocycles. The van der Waals surface area contributed by atoms with Crippen molar-refractivity contribution in [2.24, 2.45) is 0 Å². The first-order valence-electron chi connectivity index (χ1n) is 4.81. The zero-order valence-corrected chi connectivity index (χ0v) is 9.19. The van der Waals surface area contributed by atoms with Crippen molar-refractivity contribution in [3.05, 3.63) is 0 Å². The molecule has 0 aromatic carbocycles. The maximum Gasteiger partial charge on any atom is 0.505 e. The van der Waals surface area contributed by atoms with E-state index in [9.17, 15) is 4.79 Å². The Morgan fingerprint density at radius 2 is 1.64 bits per heavy atom. The molecule has 5 heteroatoms. The van der Waals surface area contributed by atoms with Crippen LogP contribution in [-0.4, -0.2) is 54.0 Å². The van der Waals surface area contributed by atoms with Crippen LogP contribution in [0.25, 0.3) is 0 Å². The number of ether oxygens (including phenoxy) is 1. The first-order valence-corrected chi connectivity index (χ1v) is 4.81. The van der Waals surface area contributed by atoms with Crippen molar-refractivity contribution in [1.82, 2.24) is 0 Å². The van der Waals surface area contributed by atoms with Crippen molar-refractivity contribution in [3.8, 4) is 0 Å². The van der Waals surface area contributed by atoms with E-state index in [2.05, 4.69) is 25.5 Å². The Hall–Kier alpha value is -0.810. The summed E-state index contributed by atoms with van der Waals surface area (Å²) in [7, 11) is 0. The van der Waals surface area contributed by atoms with E-state index in [-0.39, 0.29) is 5.48 Å². The average Bonchev–Trinajstić information content (AvgIpc) is 2.13. The predicted molar refractivity (Wildman–Crippen MR) is 52.7 cm³/mol. The average molecular weight is 207 g/mol. The number of nitrogens with zero attached hydrogens (tertiary/aromatic N) is 1. The van der Waals surface area contributed by atoms with Crippen LogP contribution in [0.4, 0.5) is 4.79 Å². The highest BCUT2D eigenvalue weighted by Crippen LogP contribution is 2.04. The molecule has 0 aromatic heterocycles. The summed E-state index contributed by atoms with van der Waals surface area (Å²) >= 11 is 0. The number of quaternary nitrogens is 1. The van der Waals surface area contributed by atoms with Crippen LogP contribution < -0.4 is 0 Å². The van der Waals surface area contributed by atoms with Gasteiger partial charge in [0.1, 0.15) is 13.2 Å². The molecule has 0 aliphatic heterocycles. The van der Waals surface area contributed by atoms with Crippen LogP contribution in [0.15, 0.2) is 0 Å². The van der Waals surface area contributed by atoms with Crippen molar-refractivity contribution in [1.29, 1.82) is 0 Å². The van der Waals surface area contributed by atoms with Crippen LogP contribution in [0, 0.1) is 0 Å². The molecule has 0 aliphatic rings. The Bertz CT molecular complexity index is 149. The molecule has 0 aliphatic carbocycles. The smallest absolute Gasteiger partial charge is 0.505 e. The maximum absolute atomic E-state index is 10.1. The van der Waals surface area contributed by atoms with Crippen molar-refractivity contribution in [2.75, 3.05) is 32.8 Å². The minimum Gasteiger partial charge on any atom is -0.870 e. The first kappa shape index (κ1) is 15.7. The normalized spacial score (nSPS) is 10.5. The van der Waals surface area contributed by atoms with Crippen LogP contribution in [0.5, 0.6) is 0 Å². The summed E-state index contributed by atoms with van der Waals surface area (Å²) in [6.45, 7) is 10.5. The van der Waals surface area contributed by atoms with Gasteiger partial charge >= 0.3 is 6.16 Å². The minimum atomic E-state index is -1.18. The Kier molecular flexibility index (Phi) is 8.48. The Labute approximate surface area is 85.2 Å². The summed E-state index contributed by atoms with van der Waals surface area (Å²) in [4.78, 5) is 10.1. The highest BCUT2D eigenvalue weighted by Gasteiger charge is 2.20. The summed E-state index contributed by atoms with van der Waals surface area (Å²) in [6, 6.07) is 0. The fraction of sp³-hybridized carbons (Fsp3) is 0.889. The largest absolute Gasteiger partial charge is 0.870 e. The number of carbonyl (C=O) groups is 1. The second-order valence-electron chi connectivity index (χ2n) is 3.13. The van der Waals surface area contributed by atoms with E-state index in [0.717, 1.165) is 30.7 Å². The molecule has 0 aromatic rings. The van der Waals surface area contributed by atoms with E-state index in [1.54, 1.807) is 0 Å². The molecule has 0 bridgehead atoms. The van der Waals surface area contributed by atoms with Gasteiger partial charge in [0.05, 0.1) is 19.6 Å². The third-order valence-electron chi connectivity index (χ3n) is 2.80. The van der Waals surface area contributed by atoms with Gasteiger partial charge in [-0.2, -0.15) is 0 Å². The molecule has 0 radical (unpaired) electrons. The summed E-state index contributed by atoms with van der Waals surface area (Å²) in [5, 5.41) is 8.30. The van der Waals surface area contributed by atoms with Crippen molar-refractivity contribution >= 4 is 6.16 Å². The molecule has 0 saturated carbocycles. The lowest BCUT2D eigenvalue weighted by atomic mass is 10.3. The fourth-order valence-electron chi connectivity index (χ4n) is 1.47. The van der Waals surface area contributed by atoms with E-state index in [1.165, 1.54) is 0 Å². The van der Waals surface area contributed by atoms with Crippen LogP contribution in [0.2, 0.25) is 0 Å². The van der Waals surface area contributed by atoms with E-state index in [4.69, 9.17) is 5.11 Å². The second kappa shape index (κ2) is 7.58. The third-order valence-corrected chi connectivity index (χ3v) is 2.80. The molecule has 0 saturated heterocycles. The summed E-state index contributed by atoms with van der Waals surface area (Å²) in [6.07, 6.45) is -1.18. The van der Waals surface area contributed by atoms with Gasteiger partial charge in [0.15, 0.2) is 0 Å². The van der Waals surface area contributed by atoms with Gasteiger partial charge in [-0.3, -0.25) is 0 Å². The monoisotopic (exact) mass is 207 g/mol. The second-order valence-corrected chi connectivity index (χ2v) is 3.13. The quantitative estimate of drug-likeness (QED) is 0.527. The van der Waals surface area contributed by atoms with Crippen LogP contribution >= 0.6 is 0 Å². The number of carboxylic acid groups (broad SMARTS) is 1. The lowest BCUT2D eigenvalue weighted by Crippen LogP contribution is -2.49. The lowest BCUT2D eigenvalue weighted by molar-refractivity contribution is -0.923. The van der Waals surface area contributed by atoms with Gasteiger partial charge in [0.25, 0.3) is 0 Å². The molecule has 14 heavy (non-hydrogen) atoms. The summed E-state index contributed by atoms with van der Waals surface area (Å²) in [5.41, 5.74) is 0. The fourth-order valence-corrected chi connectivity index (χ4v) is 1.47. The topological polar surface area (TPSA) is 76.5 Å². The lowest BCUT2D eigenvalue weighted by Gasteiger charge is -2.35. The van der Waals surface area contributed by atoms with Crippen LogP contribution in [0.3, 0.4) is 0 Å². The van der Waals surface area contributed by atoms with Gasteiger partial charge < -0.3 is 19.8 Å². The molecular formula is C9H21NO4. The molecule has 5 nitrogen and oxygen atoms in total. The van der Waals surface area contributed by atoms with Crippen LogP contribution in [0.1, 0.15) is 20.8 Å². The zero-order chi connectivity index (χ0) is 10.3. The number of likely N-dealkylation sites (N-methyl/N-ethyl adjacent to an activating group) is 1. The number of hydrogen-bond donors (Lipinski definition) is 1. The van der Waals surface area contributed by atoms with Crippen LogP contribution in [-0.2, 0) is 4.74 Å². The van der Waals surface area contributed by atoms with Gasteiger partial charge in [-0.25, -0.2) is 4.79 Å². The molecule has 86 valence electrons. The third kappa shape index (κ3) is 5.04. The predicted octanol–water partition coefficient (Wildman–Crippen LogP) is 1.38. The van der Waals surface area contributed by atoms with E-state index >= 15 is 0 Å². The van der Waals surface area contributed by atoms with Crippen molar-refractivity contribution in [3.63, 3.8) is 0 Å². The SMILES string of the molecule is CC[N+](CC)(CC)CCOC(=O)O.[OH-]. The highest BCUT2D eigenvalue weighted by atomic mass is 16.7. The Morgan fingerprint density at radius 3 is 1.93 bits per heavy atom. The number of rotatable bonds is 6. The van der Waals surface area contributed by atoms with E-state index < -0.39 is 6.16 Å². The van der Waals surface area contributed by atoms with E-state index in [0.29, 0.717) is 6.61 Å². The Morgan fingerprint density at radius 1 is 1.21 bits per heavy atom. The Balaban J connectivity index is 0. The summed E-state index contributed by atoms with van der Waals surface area (Å²) < 4.78 is 5.43. The molecule has 0 unspecified atom stereocenters. The maximum atomic E-state index is 10.1. The highest BCUT2D eigenvalue weighted by molar-refractivity contribution is 5.56. The molecule has 0 amide bonds. The zero-order valence-electron chi connectivity index (χ0n) is 9.19. The van der Waals surface area contributed by atoms with E-state index in [1.807, 2.05) is 0 Å². The molecule has 0 fully saturated rings. The van der Waals surface area contributed by atoms with Crippen molar-refractivity contribution < 1.29 is 24.6 Å². The molecule has 0 rings (SSSR count). The van der Waals surface area contributed by atoms with Gasteiger partial charge in [0.2, 0.25) is 0 Å². The van der Waals surface area contributed by atoms with Gasteiger partial charge in [-0.05, 0) is 20.8 Å². The first-order chi connectivity index (χ1) is 6.10. The van der Waals surface area contributed by atoms with Gasteiger partial charge in [-0.15, -0.1) is 0 Å². The number of hydrogen-bond acceptors (Lipinski definition) is 3. The standard InChI is InChI=1S/C9H19NO3.H2O/c1-4-10(5-2,6-3)7-8-13-9(11)12;/h4-8H2,1-3H3;1H2. The summed E-state index contributed by atoms with van der Waals surface area (Å²) in [5.74, 6) is 0. The minimum absolute atomic E-state index is 0. The van der Waals surface area contributed by atoms with Gasteiger partial charge in [0, 0.05) is 0 Å². The molecule has 0 atom stereocenters.